The smallest absolute Gasteiger partial charge is 0.211 e. The van der Waals surface area contributed by atoms with Crippen LogP contribution in [-0.4, -0.2) is 51.8 Å². The van der Waals surface area contributed by atoms with Gasteiger partial charge in [0.15, 0.2) is 0 Å². The second kappa shape index (κ2) is 6.37. The lowest BCUT2D eigenvalue weighted by Crippen LogP contribution is -2.39. The van der Waals surface area contributed by atoms with Crippen molar-refractivity contribution < 1.29 is 8.42 Å². The summed E-state index contributed by atoms with van der Waals surface area (Å²) in [5.41, 5.74) is 2.63. The van der Waals surface area contributed by atoms with E-state index in [1.165, 1.54) is 6.26 Å². The zero-order chi connectivity index (χ0) is 16.4. The first kappa shape index (κ1) is 16.1. The highest BCUT2D eigenvalue weighted by Gasteiger charge is 2.26. The molecule has 2 aromatic heterocycles. The minimum Gasteiger partial charge on any atom is -0.275 e. The summed E-state index contributed by atoms with van der Waals surface area (Å²) >= 11 is 0. The van der Waals surface area contributed by atoms with Crippen LogP contribution in [0.15, 0.2) is 24.8 Å². The quantitative estimate of drug-likeness (QED) is 0.835. The van der Waals surface area contributed by atoms with Gasteiger partial charge >= 0.3 is 0 Å². The molecule has 0 unspecified atom stereocenters. The van der Waals surface area contributed by atoms with Gasteiger partial charge in [0.2, 0.25) is 10.0 Å². The predicted molar refractivity (Wildman–Crippen MR) is 87.1 cm³/mol. The Bertz CT molecular complexity index is 769. The number of aryl methyl sites for hydroxylation is 1. The molecule has 1 atom stereocenters. The molecule has 0 aromatic carbocycles. The zero-order valence-corrected chi connectivity index (χ0v) is 14.2. The summed E-state index contributed by atoms with van der Waals surface area (Å²) in [5.74, 6) is 0.303. The van der Waals surface area contributed by atoms with Crippen molar-refractivity contribution in [3.8, 4) is 11.3 Å². The standard InChI is InChI=1S/C15H21N5O2S/c1-19-11-13(7-18-19)15-9-16-14(8-17-15)6-12-4-3-5-20(10-12)23(2,21)22/h7-9,11-12H,3-6,10H2,1-2H3/t12-/m0/s1. The fraction of sp³-hybridized carbons (Fsp3) is 0.533. The van der Waals surface area contributed by atoms with E-state index >= 15 is 0 Å². The number of aromatic nitrogens is 4. The van der Waals surface area contributed by atoms with E-state index in [1.54, 1.807) is 27.6 Å². The monoisotopic (exact) mass is 335 g/mol. The lowest BCUT2D eigenvalue weighted by molar-refractivity contribution is 0.265. The van der Waals surface area contributed by atoms with E-state index in [0.717, 1.165) is 36.2 Å². The molecule has 2 aromatic rings. The summed E-state index contributed by atoms with van der Waals surface area (Å²) in [6.07, 6.45) is 11.1. The minimum atomic E-state index is -3.10. The second-order valence-electron chi connectivity index (χ2n) is 6.13. The Morgan fingerprint density at radius 2 is 2.09 bits per heavy atom. The normalized spacial score (nSPS) is 19.8. The molecule has 3 heterocycles. The van der Waals surface area contributed by atoms with Crippen LogP contribution in [0.1, 0.15) is 18.5 Å². The molecule has 0 saturated carbocycles. The highest BCUT2D eigenvalue weighted by atomic mass is 32.2. The van der Waals surface area contributed by atoms with Gasteiger partial charge in [-0.05, 0) is 25.2 Å². The zero-order valence-electron chi connectivity index (χ0n) is 13.4. The molecule has 23 heavy (non-hydrogen) atoms. The predicted octanol–water partition coefficient (Wildman–Crippen LogP) is 1.09. The van der Waals surface area contributed by atoms with E-state index in [2.05, 4.69) is 15.1 Å². The van der Waals surface area contributed by atoms with E-state index < -0.39 is 10.0 Å². The molecule has 1 saturated heterocycles. The highest BCUT2D eigenvalue weighted by molar-refractivity contribution is 7.88. The molecule has 0 radical (unpaired) electrons. The van der Waals surface area contributed by atoms with Gasteiger partial charge in [0.1, 0.15) is 0 Å². The second-order valence-corrected chi connectivity index (χ2v) is 8.11. The molecule has 0 aliphatic carbocycles. The van der Waals surface area contributed by atoms with Crippen molar-refractivity contribution in [1.82, 2.24) is 24.1 Å². The first-order chi connectivity index (χ1) is 10.9. The van der Waals surface area contributed by atoms with E-state index in [1.807, 2.05) is 13.2 Å². The Morgan fingerprint density at radius 1 is 1.26 bits per heavy atom. The molecule has 1 fully saturated rings. The van der Waals surface area contributed by atoms with Crippen LogP contribution in [0.5, 0.6) is 0 Å². The van der Waals surface area contributed by atoms with Crippen LogP contribution >= 0.6 is 0 Å². The molecule has 1 aliphatic rings. The first-order valence-electron chi connectivity index (χ1n) is 7.67. The third kappa shape index (κ3) is 3.94. The summed E-state index contributed by atoms with van der Waals surface area (Å²) < 4.78 is 26.7. The fourth-order valence-corrected chi connectivity index (χ4v) is 3.90. The van der Waals surface area contributed by atoms with Crippen molar-refractivity contribution in [2.45, 2.75) is 19.3 Å². The Balaban J connectivity index is 1.66. The Hall–Kier alpha value is -1.80. The molecule has 0 spiro atoms. The van der Waals surface area contributed by atoms with Gasteiger partial charge in [-0.3, -0.25) is 14.6 Å². The van der Waals surface area contributed by atoms with Crippen molar-refractivity contribution in [2.24, 2.45) is 13.0 Å². The fourth-order valence-electron chi connectivity index (χ4n) is 2.95. The van der Waals surface area contributed by atoms with Gasteiger partial charge in [-0.15, -0.1) is 0 Å². The minimum absolute atomic E-state index is 0.303. The van der Waals surface area contributed by atoms with Crippen LogP contribution in [0.25, 0.3) is 11.3 Å². The molecule has 1 aliphatic heterocycles. The molecule has 0 bridgehead atoms. The van der Waals surface area contributed by atoms with Crippen molar-refractivity contribution in [3.63, 3.8) is 0 Å². The molecule has 0 amide bonds. The van der Waals surface area contributed by atoms with Crippen LogP contribution < -0.4 is 0 Å². The third-order valence-electron chi connectivity index (χ3n) is 4.15. The number of hydrogen-bond acceptors (Lipinski definition) is 5. The van der Waals surface area contributed by atoms with Gasteiger partial charge in [0.05, 0.1) is 30.0 Å². The van der Waals surface area contributed by atoms with Crippen LogP contribution in [0.2, 0.25) is 0 Å². The summed E-state index contributed by atoms with van der Waals surface area (Å²) in [4.78, 5) is 8.93. The average molecular weight is 335 g/mol. The Labute approximate surface area is 136 Å². The molecular formula is C15H21N5O2S. The molecule has 0 N–H and O–H groups in total. The summed E-state index contributed by atoms with van der Waals surface area (Å²) in [6.45, 7) is 1.20. The van der Waals surface area contributed by atoms with Crippen LogP contribution in [-0.2, 0) is 23.5 Å². The lowest BCUT2D eigenvalue weighted by Gasteiger charge is -2.30. The van der Waals surface area contributed by atoms with Crippen molar-refractivity contribution in [2.75, 3.05) is 19.3 Å². The van der Waals surface area contributed by atoms with Gasteiger partial charge in [-0.2, -0.15) is 5.10 Å². The van der Waals surface area contributed by atoms with E-state index in [4.69, 9.17) is 0 Å². The number of nitrogens with zero attached hydrogens (tertiary/aromatic N) is 5. The number of sulfonamides is 1. The Morgan fingerprint density at radius 3 is 2.70 bits per heavy atom. The maximum Gasteiger partial charge on any atom is 0.211 e. The van der Waals surface area contributed by atoms with E-state index in [9.17, 15) is 8.42 Å². The molecule has 3 rings (SSSR count). The molecule has 7 nitrogen and oxygen atoms in total. The van der Waals surface area contributed by atoms with Crippen LogP contribution in [0.4, 0.5) is 0 Å². The molecule has 8 heteroatoms. The van der Waals surface area contributed by atoms with Crippen molar-refractivity contribution in [1.29, 1.82) is 0 Å². The van der Waals surface area contributed by atoms with Crippen molar-refractivity contribution in [3.05, 3.63) is 30.5 Å². The van der Waals surface area contributed by atoms with Gasteiger partial charge in [-0.25, -0.2) is 12.7 Å². The largest absolute Gasteiger partial charge is 0.275 e. The van der Waals surface area contributed by atoms with Gasteiger partial charge in [-0.1, -0.05) is 0 Å². The Kier molecular flexibility index (Phi) is 4.45. The highest BCUT2D eigenvalue weighted by Crippen LogP contribution is 2.22. The lowest BCUT2D eigenvalue weighted by atomic mass is 9.95. The summed E-state index contributed by atoms with van der Waals surface area (Å²) in [5, 5.41) is 4.13. The van der Waals surface area contributed by atoms with Crippen molar-refractivity contribution >= 4 is 10.0 Å². The van der Waals surface area contributed by atoms with Crippen LogP contribution in [0.3, 0.4) is 0 Å². The SMILES string of the molecule is Cn1cc(-c2cnc(C[C@@H]3CCCN(S(C)(=O)=O)C3)cn2)cn1. The maximum absolute atomic E-state index is 11.7. The van der Waals surface area contributed by atoms with Gasteiger partial charge in [0, 0.05) is 38.1 Å². The number of rotatable bonds is 4. The number of hydrogen-bond donors (Lipinski definition) is 0. The van der Waals surface area contributed by atoms with Gasteiger partial charge in [0.25, 0.3) is 0 Å². The van der Waals surface area contributed by atoms with E-state index in [-0.39, 0.29) is 0 Å². The first-order valence-corrected chi connectivity index (χ1v) is 9.52. The third-order valence-corrected chi connectivity index (χ3v) is 5.42. The van der Waals surface area contributed by atoms with Gasteiger partial charge < -0.3 is 0 Å². The molecular weight excluding hydrogens is 314 g/mol. The maximum atomic E-state index is 11.7. The van der Waals surface area contributed by atoms with Crippen LogP contribution in [0, 0.1) is 5.92 Å². The van der Waals surface area contributed by atoms with E-state index in [0.29, 0.717) is 19.0 Å². The number of piperidine rings is 1. The average Bonchev–Trinajstić information content (AvgIpc) is 2.94. The topological polar surface area (TPSA) is 81.0 Å². The summed E-state index contributed by atoms with van der Waals surface area (Å²) in [6, 6.07) is 0. The summed E-state index contributed by atoms with van der Waals surface area (Å²) in [7, 11) is -1.24. The molecule has 124 valence electrons.